The van der Waals surface area contributed by atoms with Crippen molar-refractivity contribution in [1.29, 1.82) is 0 Å². The highest BCUT2D eigenvalue weighted by Gasteiger charge is 2.64. The van der Waals surface area contributed by atoms with E-state index >= 15 is 0 Å². The lowest BCUT2D eigenvalue weighted by atomic mass is 9.50. The molecular formula is C27H45ClOSi. The first-order valence-electron chi connectivity index (χ1n) is 12.7. The van der Waals surface area contributed by atoms with Gasteiger partial charge in [0, 0.05) is 5.54 Å². The maximum atomic E-state index is 7.43. The lowest BCUT2D eigenvalue weighted by Crippen LogP contribution is -2.58. The van der Waals surface area contributed by atoms with E-state index in [1.165, 1.54) is 57.8 Å². The molecule has 0 aromatic heterocycles. The first kappa shape index (κ1) is 23.1. The average molecular weight is 449 g/mol. The molecule has 0 aliphatic heterocycles. The molecule has 0 spiro atoms. The van der Waals surface area contributed by atoms with Crippen molar-refractivity contribution in [2.75, 3.05) is 0 Å². The Balaban J connectivity index is 1.66. The Morgan fingerprint density at radius 1 is 1.13 bits per heavy atom. The van der Waals surface area contributed by atoms with Crippen molar-refractivity contribution in [2.45, 2.75) is 116 Å². The van der Waals surface area contributed by atoms with Gasteiger partial charge in [-0.05, 0) is 111 Å². The molecule has 3 saturated carbocycles. The molecule has 0 unspecified atom stereocenters. The zero-order chi connectivity index (χ0) is 21.8. The molecule has 30 heavy (non-hydrogen) atoms. The number of hydrogen-bond acceptors (Lipinski definition) is 1. The van der Waals surface area contributed by atoms with Crippen LogP contribution in [0.25, 0.3) is 0 Å². The van der Waals surface area contributed by atoms with Crippen molar-refractivity contribution in [3.05, 3.63) is 23.3 Å². The van der Waals surface area contributed by atoms with Crippen molar-refractivity contribution >= 4 is 19.9 Å². The van der Waals surface area contributed by atoms with Gasteiger partial charge >= 0.3 is 0 Å². The second-order valence-electron chi connectivity index (χ2n) is 12.7. The van der Waals surface area contributed by atoms with Crippen LogP contribution in [-0.4, -0.2) is 13.9 Å². The van der Waals surface area contributed by atoms with Crippen molar-refractivity contribution in [2.24, 2.45) is 29.1 Å². The molecule has 0 heterocycles. The molecule has 4 aliphatic rings. The minimum atomic E-state index is -1.87. The monoisotopic (exact) mass is 448 g/mol. The Bertz CT molecular complexity index is 704. The SMILES string of the molecule is CC(C)(C)[Si](C)(C)O[C@@]1(CC=CCl)CC[C@H]2[C@@H]3CCC4=CCCC[C@@H]4[C@H]3CC[C@@]21C. The van der Waals surface area contributed by atoms with Crippen LogP contribution in [0.3, 0.4) is 0 Å². The number of fused-ring (bicyclic) bond motifs is 5. The fraction of sp³-hybridized carbons (Fsp3) is 0.852. The molecular weight excluding hydrogens is 404 g/mol. The third-order valence-corrected chi connectivity index (χ3v) is 15.2. The molecule has 0 aromatic carbocycles. The van der Waals surface area contributed by atoms with E-state index in [0.29, 0.717) is 0 Å². The van der Waals surface area contributed by atoms with E-state index in [1.807, 2.05) is 5.57 Å². The van der Waals surface area contributed by atoms with E-state index in [2.05, 4.69) is 52.9 Å². The van der Waals surface area contributed by atoms with E-state index in [-0.39, 0.29) is 16.1 Å². The average Bonchev–Trinajstić information content (AvgIpc) is 2.97. The van der Waals surface area contributed by atoms with Gasteiger partial charge in [-0.15, -0.1) is 0 Å². The molecule has 4 rings (SSSR count). The van der Waals surface area contributed by atoms with Crippen LogP contribution in [-0.2, 0) is 4.43 Å². The second kappa shape index (κ2) is 8.06. The van der Waals surface area contributed by atoms with Crippen molar-refractivity contribution in [3.63, 3.8) is 0 Å². The molecule has 3 fully saturated rings. The van der Waals surface area contributed by atoms with Crippen molar-refractivity contribution < 1.29 is 4.43 Å². The smallest absolute Gasteiger partial charge is 0.192 e. The van der Waals surface area contributed by atoms with Crippen LogP contribution in [0.2, 0.25) is 18.1 Å². The van der Waals surface area contributed by atoms with E-state index < -0.39 is 8.32 Å². The summed E-state index contributed by atoms with van der Waals surface area (Å²) in [6, 6.07) is 0. The van der Waals surface area contributed by atoms with Crippen LogP contribution in [0.15, 0.2) is 23.3 Å². The normalized spacial score (nSPS) is 41.9. The second-order valence-corrected chi connectivity index (χ2v) is 17.7. The summed E-state index contributed by atoms with van der Waals surface area (Å²) in [6.07, 6.45) is 18.1. The molecule has 3 heteroatoms. The molecule has 0 N–H and O–H groups in total. The summed E-state index contributed by atoms with van der Waals surface area (Å²) >= 11 is 6.08. The molecule has 0 bridgehead atoms. The van der Waals surface area contributed by atoms with Gasteiger partial charge in [0.1, 0.15) is 0 Å². The highest BCUT2D eigenvalue weighted by Crippen LogP contribution is 2.67. The van der Waals surface area contributed by atoms with Crippen LogP contribution in [0.5, 0.6) is 0 Å². The first-order chi connectivity index (χ1) is 14.0. The quantitative estimate of drug-likeness (QED) is 0.308. The van der Waals surface area contributed by atoms with Crippen LogP contribution in [0.1, 0.15) is 91.9 Å². The zero-order valence-electron chi connectivity index (χ0n) is 20.4. The predicted molar refractivity (Wildman–Crippen MR) is 132 cm³/mol. The van der Waals surface area contributed by atoms with E-state index in [0.717, 1.165) is 30.1 Å². The number of rotatable bonds is 4. The molecule has 0 aromatic rings. The summed E-state index contributed by atoms with van der Waals surface area (Å²) in [5.41, 5.74) is 3.83. The fourth-order valence-corrected chi connectivity index (χ4v) is 9.61. The molecule has 6 atom stereocenters. The fourth-order valence-electron chi connectivity index (χ4n) is 7.82. The van der Waals surface area contributed by atoms with Gasteiger partial charge in [-0.25, -0.2) is 0 Å². The van der Waals surface area contributed by atoms with Crippen molar-refractivity contribution in [3.8, 4) is 0 Å². The van der Waals surface area contributed by atoms with Gasteiger partial charge in [-0.3, -0.25) is 0 Å². The Kier molecular flexibility index (Phi) is 6.21. The molecule has 170 valence electrons. The number of hydrogen-bond donors (Lipinski definition) is 0. The highest BCUT2D eigenvalue weighted by molar-refractivity contribution is 6.74. The first-order valence-corrected chi connectivity index (χ1v) is 16.0. The molecule has 0 amide bonds. The number of allylic oxidation sites excluding steroid dienone is 2. The van der Waals surface area contributed by atoms with Gasteiger partial charge in [-0.1, -0.05) is 57.0 Å². The van der Waals surface area contributed by atoms with Gasteiger partial charge in [-0.2, -0.15) is 0 Å². The minimum Gasteiger partial charge on any atom is -0.410 e. The van der Waals surface area contributed by atoms with Gasteiger partial charge < -0.3 is 4.43 Å². The molecule has 0 saturated heterocycles. The maximum Gasteiger partial charge on any atom is 0.192 e. The molecule has 4 aliphatic carbocycles. The van der Waals surface area contributed by atoms with Gasteiger partial charge in [0.15, 0.2) is 8.32 Å². The third kappa shape index (κ3) is 3.61. The lowest BCUT2D eigenvalue weighted by molar-refractivity contribution is -0.107. The highest BCUT2D eigenvalue weighted by atomic mass is 35.5. The topological polar surface area (TPSA) is 9.23 Å². The van der Waals surface area contributed by atoms with Crippen LogP contribution in [0, 0.1) is 29.1 Å². The summed E-state index contributed by atoms with van der Waals surface area (Å²) in [4.78, 5) is 0. The Morgan fingerprint density at radius 2 is 1.90 bits per heavy atom. The zero-order valence-corrected chi connectivity index (χ0v) is 22.2. The van der Waals surface area contributed by atoms with E-state index in [1.54, 1.807) is 5.54 Å². The maximum absolute atomic E-state index is 7.43. The van der Waals surface area contributed by atoms with Gasteiger partial charge in [0.25, 0.3) is 0 Å². The predicted octanol–water partition coefficient (Wildman–Crippen LogP) is 8.85. The summed E-state index contributed by atoms with van der Waals surface area (Å²) in [7, 11) is -1.87. The Morgan fingerprint density at radius 3 is 2.60 bits per heavy atom. The minimum absolute atomic E-state index is 0.0281. The Hall–Kier alpha value is -0.0531. The third-order valence-electron chi connectivity index (χ3n) is 10.5. The van der Waals surface area contributed by atoms with Gasteiger partial charge in [0.05, 0.1) is 5.60 Å². The van der Waals surface area contributed by atoms with Crippen molar-refractivity contribution in [1.82, 2.24) is 0 Å². The van der Waals surface area contributed by atoms with E-state index in [4.69, 9.17) is 16.0 Å². The van der Waals surface area contributed by atoms with Crippen LogP contribution < -0.4 is 0 Å². The molecule has 0 radical (unpaired) electrons. The van der Waals surface area contributed by atoms with Gasteiger partial charge in [0.2, 0.25) is 0 Å². The van der Waals surface area contributed by atoms with Crippen LogP contribution >= 0.6 is 11.6 Å². The Labute approximate surface area is 192 Å². The largest absolute Gasteiger partial charge is 0.410 e. The lowest BCUT2D eigenvalue weighted by Gasteiger charge is -2.58. The number of halogens is 1. The summed E-state index contributed by atoms with van der Waals surface area (Å²) in [6.45, 7) is 14.7. The van der Waals surface area contributed by atoms with Crippen LogP contribution in [0.4, 0.5) is 0 Å². The molecule has 1 nitrogen and oxygen atoms in total. The summed E-state index contributed by atoms with van der Waals surface area (Å²) < 4.78 is 7.43. The summed E-state index contributed by atoms with van der Waals surface area (Å²) in [5.74, 6) is 3.58. The van der Waals surface area contributed by atoms with E-state index in [9.17, 15) is 0 Å². The summed E-state index contributed by atoms with van der Waals surface area (Å²) in [5, 5.41) is 0.239. The standard InChI is InChI=1S/C27H45ClOSi/c1-25(2,3)30(5,6)29-27(16-9-19-28)18-15-24-23-13-12-20-10-7-8-11-21(20)22(23)14-17-26(24,27)4/h9-10,19,21-24H,7-8,11-18H2,1-6H3/t21-,22+,23+,24-,26-,27-/m0/s1.